The number of fused-ring (bicyclic) bond motifs is 1. The third-order valence-corrected chi connectivity index (χ3v) is 3.73. The van der Waals surface area contributed by atoms with E-state index in [1.807, 2.05) is 18.2 Å². The lowest BCUT2D eigenvalue weighted by atomic mass is 9.86. The zero-order chi connectivity index (χ0) is 15.9. The average molecular weight is 294 g/mol. The highest BCUT2D eigenvalue weighted by Crippen LogP contribution is 2.31. The van der Waals surface area contributed by atoms with Crippen LogP contribution in [0.2, 0.25) is 0 Å². The number of carbonyl (C=O) groups is 1. The van der Waals surface area contributed by atoms with Crippen LogP contribution in [0.1, 0.15) is 37.8 Å². The number of allylic oxidation sites excluding steroid dienone is 7. The number of hydrogen-bond acceptors (Lipinski definition) is 1. The molecule has 0 aliphatic heterocycles. The van der Waals surface area contributed by atoms with Crippen LogP contribution in [0.4, 0.5) is 0 Å². The third-order valence-electron chi connectivity index (χ3n) is 3.73. The van der Waals surface area contributed by atoms with Crippen LogP contribution in [-0.4, -0.2) is 11.1 Å². The van der Waals surface area contributed by atoms with Gasteiger partial charge in [0.05, 0.1) is 0 Å². The first-order chi connectivity index (χ1) is 10.6. The molecule has 114 valence electrons. The summed E-state index contributed by atoms with van der Waals surface area (Å²) in [6.45, 7) is 3.86. The zero-order valence-electron chi connectivity index (χ0n) is 13.2. The van der Waals surface area contributed by atoms with Crippen LogP contribution in [0.3, 0.4) is 0 Å². The summed E-state index contributed by atoms with van der Waals surface area (Å²) in [4.78, 5) is 10.6. The number of aryl methyl sites for hydroxylation is 1. The van der Waals surface area contributed by atoms with E-state index in [2.05, 4.69) is 37.3 Å². The van der Waals surface area contributed by atoms with Crippen molar-refractivity contribution in [3.63, 3.8) is 0 Å². The molecule has 2 rings (SSSR count). The van der Waals surface area contributed by atoms with Crippen molar-refractivity contribution in [3.8, 4) is 0 Å². The van der Waals surface area contributed by atoms with Gasteiger partial charge in [-0.2, -0.15) is 0 Å². The Kier molecular flexibility index (Phi) is 5.54. The van der Waals surface area contributed by atoms with E-state index in [1.54, 1.807) is 6.92 Å². The Hall–Kier alpha value is -2.35. The van der Waals surface area contributed by atoms with E-state index in [-0.39, 0.29) is 0 Å². The minimum Gasteiger partial charge on any atom is -0.478 e. The summed E-state index contributed by atoms with van der Waals surface area (Å²) in [5.74, 6) is -0.913. The molecule has 1 N–H and O–H groups in total. The van der Waals surface area contributed by atoms with Crippen molar-refractivity contribution < 1.29 is 9.90 Å². The third kappa shape index (κ3) is 4.59. The van der Waals surface area contributed by atoms with Gasteiger partial charge in [0.2, 0.25) is 0 Å². The van der Waals surface area contributed by atoms with Gasteiger partial charge < -0.3 is 5.11 Å². The lowest BCUT2D eigenvalue weighted by Crippen LogP contribution is -2.01. The monoisotopic (exact) mass is 294 g/mol. The Morgan fingerprint density at radius 3 is 2.68 bits per heavy atom. The Bertz CT molecular complexity index is 673. The van der Waals surface area contributed by atoms with Gasteiger partial charge in [-0.1, -0.05) is 54.1 Å². The maximum Gasteiger partial charge on any atom is 0.328 e. The Labute approximate surface area is 132 Å². The Morgan fingerprint density at radius 2 is 1.91 bits per heavy atom. The minimum absolute atomic E-state index is 0.729. The van der Waals surface area contributed by atoms with Crippen LogP contribution in [0.5, 0.6) is 0 Å². The maximum absolute atomic E-state index is 10.6. The average Bonchev–Trinajstić information content (AvgIpc) is 2.47. The first kappa shape index (κ1) is 16.0. The van der Waals surface area contributed by atoms with Gasteiger partial charge >= 0.3 is 5.97 Å². The van der Waals surface area contributed by atoms with Crippen LogP contribution in [0, 0.1) is 0 Å². The second-order valence-electron chi connectivity index (χ2n) is 5.68. The molecule has 22 heavy (non-hydrogen) atoms. The lowest BCUT2D eigenvalue weighted by Gasteiger charge is -2.18. The molecular formula is C20H22O2. The van der Waals surface area contributed by atoms with Crippen molar-refractivity contribution in [3.05, 3.63) is 76.9 Å². The molecule has 1 aromatic carbocycles. The molecule has 1 aromatic rings. The Morgan fingerprint density at radius 1 is 1.14 bits per heavy atom. The van der Waals surface area contributed by atoms with Crippen LogP contribution in [-0.2, 0) is 11.2 Å². The van der Waals surface area contributed by atoms with Crippen molar-refractivity contribution in [2.24, 2.45) is 0 Å². The molecule has 0 saturated heterocycles. The fourth-order valence-electron chi connectivity index (χ4n) is 2.72. The largest absolute Gasteiger partial charge is 0.478 e. The minimum atomic E-state index is -0.913. The lowest BCUT2D eigenvalue weighted by molar-refractivity contribution is -0.131. The smallest absolute Gasteiger partial charge is 0.328 e. The summed E-state index contributed by atoms with van der Waals surface area (Å²) < 4.78 is 0. The van der Waals surface area contributed by atoms with E-state index in [4.69, 9.17) is 5.11 Å². The number of hydrogen-bond donors (Lipinski definition) is 1. The van der Waals surface area contributed by atoms with Crippen molar-refractivity contribution >= 4 is 11.5 Å². The second-order valence-corrected chi connectivity index (χ2v) is 5.68. The first-order valence-corrected chi connectivity index (χ1v) is 7.61. The fourth-order valence-corrected chi connectivity index (χ4v) is 2.72. The van der Waals surface area contributed by atoms with Crippen LogP contribution >= 0.6 is 0 Å². The number of aliphatic carboxylic acids is 1. The van der Waals surface area contributed by atoms with Crippen LogP contribution in [0.25, 0.3) is 5.57 Å². The van der Waals surface area contributed by atoms with E-state index in [0.717, 1.165) is 18.4 Å². The van der Waals surface area contributed by atoms with Crippen molar-refractivity contribution in [2.45, 2.75) is 33.1 Å². The van der Waals surface area contributed by atoms with Gasteiger partial charge in [-0.3, -0.25) is 0 Å². The topological polar surface area (TPSA) is 37.3 Å². The molecule has 0 bridgehead atoms. The van der Waals surface area contributed by atoms with Gasteiger partial charge in [0.1, 0.15) is 0 Å². The predicted octanol–water partition coefficient (Wildman–Crippen LogP) is 4.94. The van der Waals surface area contributed by atoms with Crippen LogP contribution < -0.4 is 0 Å². The number of carboxylic acid groups (broad SMARTS) is 1. The van der Waals surface area contributed by atoms with Gasteiger partial charge in [-0.15, -0.1) is 0 Å². The van der Waals surface area contributed by atoms with E-state index in [0.29, 0.717) is 0 Å². The van der Waals surface area contributed by atoms with Crippen molar-refractivity contribution in [1.29, 1.82) is 0 Å². The molecule has 1 aliphatic rings. The Balaban J connectivity index is 2.15. The molecule has 2 nitrogen and oxygen atoms in total. The molecule has 0 fully saturated rings. The van der Waals surface area contributed by atoms with Crippen LogP contribution in [0.15, 0.2) is 65.8 Å². The molecule has 2 heteroatoms. The normalized spacial score (nSPS) is 17.8. The molecule has 0 unspecified atom stereocenters. The highest BCUT2D eigenvalue weighted by Gasteiger charge is 2.12. The molecular weight excluding hydrogens is 272 g/mol. The quantitative estimate of drug-likeness (QED) is 0.631. The number of rotatable bonds is 4. The van der Waals surface area contributed by atoms with Gasteiger partial charge in [-0.05, 0) is 55.4 Å². The van der Waals surface area contributed by atoms with Gasteiger partial charge in [0.25, 0.3) is 0 Å². The second kappa shape index (κ2) is 7.60. The molecule has 0 radical (unpaired) electrons. The molecule has 1 aliphatic carbocycles. The summed E-state index contributed by atoms with van der Waals surface area (Å²) >= 11 is 0. The maximum atomic E-state index is 10.6. The molecule has 0 atom stereocenters. The molecule has 0 aromatic heterocycles. The molecule has 0 heterocycles. The number of benzene rings is 1. The predicted molar refractivity (Wildman–Crippen MR) is 91.6 cm³/mol. The summed E-state index contributed by atoms with van der Waals surface area (Å²) in [5.41, 5.74) is 6.09. The summed E-state index contributed by atoms with van der Waals surface area (Å²) in [7, 11) is 0. The summed E-state index contributed by atoms with van der Waals surface area (Å²) in [5, 5.41) is 8.67. The first-order valence-electron chi connectivity index (χ1n) is 7.61. The summed E-state index contributed by atoms with van der Waals surface area (Å²) in [6, 6.07) is 8.60. The summed E-state index contributed by atoms with van der Waals surface area (Å²) in [6.07, 6.45) is 12.6. The highest BCUT2D eigenvalue weighted by atomic mass is 16.4. The SMILES string of the molecule is CC(C=C/C=C(C)\C=C1/CCCc2ccccc21)=CC(=O)O. The standard InChI is InChI=1S/C20H22O2/c1-15(7-5-8-16(2)14-20(21)22)13-18-11-6-10-17-9-3-4-12-19(17)18/h3-5,7-9,12-14H,6,10-11H2,1-2H3,(H,21,22)/b8-5?,15-7-,16-14?,18-13+. The van der Waals surface area contributed by atoms with Gasteiger partial charge in [-0.25, -0.2) is 4.79 Å². The molecule has 0 amide bonds. The van der Waals surface area contributed by atoms with Gasteiger partial charge in [0.15, 0.2) is 0 Å². The van der Waals surface area contributed by atoms with E-state index >= 15 is 0 Å². The highest BCUT2D eigenvalue weighted by molar-refractivity contribution is 5.81. The zero-order valence-corrected chi connectivity index (χ0v) is 13.2. The van der Waals surface area contributed by atoms with E-state index < -0.39 is 5.97 Å². The van der Waals surface area contributed by atoms with E-state index in [9.17, 15) is 4.79 Å². The molecule has 0 saturated carbocycles. The number of carboxylic acids is 1. The van der Waals surface area contributed by atoms with E-state index in [1.165, 1.54) is 34.8 Å². The van der Waals surface area contributed by atoms with Gasteiger partial charge in [0, 0.05) is 6.08 Å². The van der Waals surface area contributed by atoms with Crippen molar-refractivity contribution in [2.75, 3.05) is 0 Å². The fraction of sp³-hybridized carbons (Fsp3) is 0.250. The molecule has 0 spiro atoms. The van der Waals surface area contributed by atoms with Crippen molar-refractivity contribution in [1.82, 2.24) is 0 Å².